The smallest absolute Gasteiger partial charge is 0.319 e. The number of carbonyl (C=O) groups is 2. The number of anilines is 1. The molecule has 130 valence electrons. The maximum Gasteiger partial charge on any atom is 0.319 e. The number of urea groups is 1. The van der Waals surface area contributed by atoms with Crippen molar-refractivity contribution < 1.29 is 9.59 Å². The zero-order chi connectivity index (χ0) is 17.3. The minimum atomic E-state index is -0.172. The van der Waals surface area contributed by atoms with Crippen LogP contribution in [0.15, 0.2) is 30.3 Å². The Kier molecular flexibility index (Phi) is 13.6. The van der Waals surface area contributed by atoms with E-state index in [-0.39, 0.29) is 6.03 Å². The van der Waals surface area contributed by atoms with Gasteiger partial charge >= 0.3 is 6.03 Å². The molecule has 1 aromatic rings. The number of hydrogen-bond acceptors (Lipinski definition) is 2. The average Bonchev–Trinajstić information content (AvgIpc) is 2.50. The molecule has 0 spiro atoms. The van der Waals surface area contributed by atoms with Crippen LogP contribution in [0.2, 0.25) is 0 Å². The molecule has 1 rings (SSSR count). The van der Waals surface area contributed by atoms with Gasteiger partial charge in [0.25, 0.3) is 0 Å². The van der Waals surface area contributed by atoms with Gasteiger partial charge in [-0.1, -0.05) is 51.8 Å². The first-order valence-corrected chi connectivity index (χ1v) is 8.33. The van der Waals surface area contributed by atoms with Gasteiger partial charge in [0.1, 0.15) is 0 Å². The van der Waals surface area contributed by atoms with Gasteiger partial charge in [0.05, 0.1) is 0 Å². The highest BCUT2D eigenvalue weighted by Gasteiger charge is 1.99. The minimum Gasteiger partial charge on any atom is -0.359 e. The molecule has 0 aliphatic heterocycles. The molecule has 0 aliphatic carbocycles. The van der Waals surface area contributed by atoms with E-state index in [9.17, 15) is 9.59 Å². The molecular formula is C18H31N3O2. The van der Waals surface area contributed by atoms with Gasteiger partial charge in [-0.15, -0.1) is 0 Å². The average molecular weight is 321 g/mol. The second-order valence-corrected chi connectivity index (χ2v) is 5.97. The third-order valence-corrected chi connectivity index (χ3v) is 2.65. The van der Waals surface area contributed by atoms with Gasteiger partial charge < -0.3 is 16.0 Å². The van der Waals surface area contributed by atoms with E-state index >= 15 is 0 Å². The first-order valence-electron chi connectivity index (χ1n) is 8.33. The fraction of sp³-hybridized carbons (Fsp3) is 0.556. The zero-order valence-corrected chi connectivity index (χ0v) is 14.6. The van der Waals surface area contributed by atoms with Crippen LogP contribution in [0.25, 0.3) is 0 Å². The van der Waals surface area contributed by atoms with Crippen LogP contribution in [-0.4, -0.2) is 25.5 Å². The van der Waals surface area contributed by atoms with Crippen LogP contribution in [0.3, 0.4) is 0 Å². The number of rotatable bonds is 9. The SMILES string of the molecule is CC(C)C.O=CNCCCCCCNC(=O)Nc1ccccc1. The summed E-state index contributed by atoms with van der Waals surface area (Å²) < 4.78 is 0. The van der Waals surface area contributed by atoms with E-state index in [4.69, 9.17) is 0 Å². The summed E-state index contributed by atoms with van der Waals surface area (Å²) >= 11 is 0. The van der Waals surface area contributed by atoms with E-state index in [0.717, 1.165) is 50.2 Å². The summed E-state index contributed by atoms with van der Waals surface area (Å²) in [5.41, 5.74) is 0.792. The van der Waals surface area contributed by atoms with Crippen LogP contribution in [0, 0.1) is 5.92 Å². The van der Waals surface area contributed by atoms with Crippen LogP contribution in [0.1, 0.15) is 46.5 Å². The van der Waals surface area contributed by atoms with E-state index < -0.39 is 0 Å². The highest BCUT2D eigenvalue weighted by molar-refractivity contribution is 5.89. The summed E-state index contributed by atoms with van der Waals surface area (Å²) in [6.07, 6.45) is 4.75. The van der Waals surface area contributed by atoms with Crippen LogP contribution in [-0.2, 0) is 4.79 Å². The number of para-hydroxylation sites is 1. The third-order valence-electron chi connectivity index (χ3n) is 2.65. The van der Waals surface area contributed by atoms with Crippen molar-refractivity contribution >= 4 is 18.1 Å². The Morgan fingerprint density at radius 3 is 2.13 bits per heavy atom. The van der Waals surface area contributed by atoms with Crippen molar-refractivity contribution in [3.63, 3.8) is 0 Å². The van der Waals surface area contributed by atoms with Crippen LogP contribution in [0.5, 0.6) is 0 Å². The van der Waals surface area contributed by atoms with E-state index in [1.165, 1.54) is 0 Å². The van der Waals surface area contributed by atoms with Crippen molar-refractivity contribution in [2.24, 2.45) is 5.92 Å². The van der Waals surface area contributed by atoms with Crippen molar-refractivity contribution in [1.82, 2.24) is 10.6 Å². The summed E-state index contributed by atoms with van der Waals surface area (Å²) in [5.74, 6) is 0.833. The molecule has 5 heteroatoms. The van der Waals surface area contributed by atoms with Crippen LogP contribution in [0.4, 0.5) is 10.5 Å². The molecule has 3 N–H and O–H groups in total. The molecule has 23 heavy (non-hydrogen) atoms. The van der Waals surface area contributed by atoms with E-state index in [0.29, 0.717) is 6.54 Å². The molecule has 0 unspecified atom stereocenters. The van der Waals surface area contributed by atoms with Gasteiger partial charge in [-0.05, 0) is 30.9 Å². The molecule has 0 atom stereocenters. The summed E-state index contributed by atoms with van der Waals surface area (Å²) in [6, 6.07) is 9.18. The zero-order valence-electron chi connectivity index (χ0n) is 14.6. The fourth-order valence-electron chi connectivity index (χ4n) is 1.66. The van der Waals surface area contributed by atoms with Gasteiger partial charge in [0.15, 0.2) is 0 Å². The molecule has 5 nitrogen and oxygen atoms in total. The molecule has 0 aliphatic rings. The second kappa shape index (κ2) is 14.9. The minimum absolute atomic E-state index is 0.172. The molecule has 1 aromatic carbocycles. The van der Waals surface area contributed by atoms with Crippen molar-refractivity contribution in [3.8, 4) is 0 Å². The maximum atomic E-state index is 11.5. The topological polar surface area (TPSA) is 70.2 Å². The van der Waals surface area contributed by atoms with E-state index in [1.807, 2.05) is 30.3 Å². The number of hydrogen-bond donors (Lipinski definition) is 3. The summed E-state index contributed by atoms with van der Waals surface area (Å²) in [5, 5.41) is 8.20. The lowest BCUT2D eigenvalue weighted by molar-refractivity contribution is -0.109. The Labute approximate surface area is 140 Å². The van der Waals surface area contributed by atoms with E-state index in [2.05, 4.69) is 36.7 Å². The molecule has 0 fully saturated rings. The summed E-state index contributed by atoms with van der Waals surface area (Å²) in [7, 11) is 0. The fourth-order valence-corrected chi connectivity index (χ4v) is 1.66. The molecule has 0 radical (unpaired) electrons. The van der Waals surface area contributed by atoms with Crippen LogP contribution < -0.4 is 16.0 Å². The molecule has 0 bridgehead atoms. The monoisotopic (exact) mass is 321 g/mol. The van der Waals surface area contributed by atoms with Crippen LogP contribution >= 0.6 is 0 Å². The number of unbranched alkanes of at least 4 members (excludes halogenated alkanes) is 3. The van der Waals surface area contributed by atoms with Crippen molar-refractivity contribution in [1.29, 1.82) is 0 Å². The Bertz CT molecular complexity index is 405. The predicted octanol–water partition coefficient (Wildman–Crippen LogP) is 3.78. The van der Waals surface area contributed by atoms with E-state index in [1.54, 1.807) is 0 Å². The predicted molar refractivity (Wildman–Crippen MR) is 96.5 cm³/mol. The maximum absolute atomic E-state index is 11.5. The highest BCUT2D eigenvalue weighted by atomic mass is 16.2. The molecule has 0 heterocycles. The number of amides is 3. The number of nitrogens with one attached hydrogen (secondary N) is 3. The van der Waals surface area contributed by atoms with Crippen molar-refractivity contribution in [3.05, 3.63) is 30.3 Å². The Morgan fingerprint density at radius 2 is 1.57 bits per heavy atom. The second-order valence-electron chi connectivity index (χ2n) is 5.97. The largest absolute Gasteiger partial charge is 0.359 e. The van der Waals surface area contributed by atoms with Gasteiger partial charge in [-0.25, -0.2) is 4.79 Å². The Hall–Kier alpha value is -2.04. The van der Waals surface area contributed by atoms with Crippen molar-refractivity contribution in [2.75, 3.05) is 18.4 Å². The number of carbonyl (C=O) groups excluding carboxylic acids is 2. The number of benzene rings is 1. The lowest BCUT2D eigenvalue weighted by Crippen LogP contribution is -2.29. The Morgan fingerprint density at radius 1 is 1.00 bits per heavy atom. The highest BCUT2D eigenvalue weighted by Crippen LogP contribution is 2.04. The lowest BCUT2D eigenvalue weighted by Gasteiger charge is -2.07. The first kappa shape index (κ1) is 21.0. The molecule has 3 amide bonds. The first-order chi connectivity index (χ1) is 11.1. The lowest BCUT2D eigenvalue weighted by atomic mass is 10.2. The quantitative estimate of drug-likeness (QED) is 0.478. The van der Waals surface area contributed by atoms with Gasteiger partial charge in [-0.2, -0.15) is 0 Å². The standard InChI is InChI=1S/C14H21N3O2.C4H10/c18-12-15-10-6-1-2-7-11-16-14(19)17-13-8-4-3-5-9-13;1-4(2)3/h3-5,8-9,12H,1-2,6-7,10-11H2,(H,15,18)(H2,16,17,19);4H,1-3H3. The third kappa shape index (κ3) is 16.2. The summed E-state index contributed by atoms with van der Waals surface area (Å²) in [4.78, 5) is 21.5. The van der Waals surface area contributed by atoms with Gasteiger partial charge in [0, 0.05) is 18.8 Å². The molecule has 0 saturated heterocycles. The molecule has 0 saturated carbocycles. The molecule has 0 aromatic heterocycles. The molecular weight excluding hydrogens is 290 g/mol. The summed E-state index contributed by atoms with van der Waals surface area (Å²) in [6.45, 7) is 7.89. The van der Waals surface area contributed by atoms with Crippen molar-refractivity contribution in [2.45, 2.75) is 46.5 Å². The normalized spacial score (nSPS) is 9.57. The Balaban J connectivity index is 0.00000108. The van der Waals surface area contributed by atoms with Gasteiger partial charge in [0.2, 0.25) is 6.41 Å². The van der Waals surface area contributed by atoms with Gasteiger partial charge in [-0.3, -0.25) is 4.79 Å².